The van der Waals surface area contributed by atoms with Gasteiger partial charge >= 0.3 is 0 Å². The lowest BCUT2D eigenvalue weighted by Crippen LogP contribution is -2.24. The Labute approximate surface area is 163 Å². The van der Waals surface area contributed by atoms with Crippen molar-refractivity contribution in [1.82, 2.24) is 4.98 Å². The average Bonchev–Trinajstić information content (AvgIpc) is 2.63. The highest BCUT2D eigenvalue weighted by Crippen LogP contribution is 2.26. The molecule has 0 aliphatic carbocycles. The highest BCUT2D eigenvalue weighted by atomic mass is 79.9. The molecule has 3 rings (SSSR count). The lowest BCUT2D eigenvalue weighted by Gasteiger charge is -2.18. The lowest BCUT2D eigenvalue weighted by molar-refractivity contribution is 0.102. The fraction of sp³-hybridized carbons (Fsp3) is 0.211. The van der Waals surface area contributed by atoms with Gasteiger partial charge in [-0.25, -0.2) is 0 Å². The van der Waals surface area contributed by atoms with Crippen molar-refractivity contribution in [3.63, 3.8) is 0 Å². The van der Waals surface area contributed by atoms with E-state index in [1.165, 1.54) is 11.3 Å². The first-order valence-corrected chi connectivity index (χ1v) is 9.89. The molecule has 1 aromatic heterocycles. The van der Waals surface area contributed by atoms with Crippen LogP contribution in [0, 0.1) is 0 Å². The molecule has 1 N–H and O–H groups in total. The number of amides is 1. The van der Waals surface area contributed by atoms with Crippen LogP contribution in [0.15, 0.2) is 51.7 Å². The van der Waals surface area contributed by atoms with Crippen LogP contribution in [0.1, 0.15) is 24.2 Å². The van der Waals surface area contributed by atoms with Gasteiger partial charge < -0.3 is 10.2 Å². The molecule has 0 saturated carbocycles. The number of carbonyl (C=O) groups is 1. The molecule has 0 fully saturated rings. The Morgan fingerprint density at radius 1 is 1.19 bits per heavy atom. The zero-order valence-electron chi connectivity index (χ0n) is 14.5. The summed E-state index contributed by atoms with van der Waals surface area (Å²) in [5, 5.41) is 4.07. The smallest absolute Gasteiger partial charge is 0.281 e. The Bertz CT molecular complexity index is 1020. The third-order valence-electron chi connectivity index (χ3n) is 3.99. The molecule has 0 spiro atoms. The maximum absolute atomic E-state index is 12.4. The van der Waals surface area contributed by atoms with Crippen molar-refractivity contribution in [2.75, 3.05) is 23.3 Å². The van der Waals surface area contributed by atoms with Gasteiger partial charge in [-0.3, -0.25) is 9.59 Å². The number of halogens is 1. The number of carbonyl (C=O) groups excluding carboxylic acids is 1. The molecule has 0 aliphatic heterocycles. The molecule has 0 bridgehead atoms. The van der Waals surface area contributed by atoms with Gasteiger partial charge in [-0.15, -0.1) is 0 Å². The Morgan fingerprint density at radius 2 is 1.96 bits per heavy atom. The molecule has 3 aromatic rings. The van der Waals surface area contributed by atoms with Gasteiger partial charge in [0.05, 0.1) is 5.39 Å². The molecule has 0 radical (unpaired) electrons. The van der Waals surface area contributed by atoms with Gasteiger partial charge in [0, 0.05) is 33.5 Å². The Kier molecular flexibility index (Phi) is 5.68. The third-order valence-corrected chi connectivity index (χ3v) is 5.59. The maximum Gasteiger partial charge on any atom is 0.281 e. The van der Waals surface area contributed by atoms with E-state index < -0.39 is 0 Å². The van der Waals surface area contributed by atoms with Crippen molar-refractivity contribution in [1.29, 1.82) is 0 Å². The van der Waals surface area contributed by atoms with Crippen molar-refractivity contribution >= 4 is 54.1 Å². The van der Waals surface area contributed by atoms with E-state index in [0.29, 0.717) is 16.6 Å². The zero-order valence-corrected chi connectivity index (χ0v) is 16.9. The van der Waals surface area contributed by atoms with Crippen LogP contribution in [0.5, 0.6) is 0 Å². The second kappa shape index (κ2) is 7.97. The van der Waals surface area contributed by atoms with E-state index in [-0.39, 0.29) is 11.5 Å². The molecule has 0 saturated heterocycles. The number of rotatable bonds is 5. The van der Waals surface area contributed by atoms with Crippen LogP contribution in [0.2, 0.25) is 0 Å². The number of anilines is 2. The average molecular weight is 432 g/mol. The van der Waals surface area contributed by atoms with E-state index in [1.807, 2.05) is 26.0 Å². The molecule has 134 valence electrons. The summed E-state index contributed by atoms with van der Waals surface area (Å²) in [5.41, 5.74) is 0.836. The van der Waals surface area contributed by atoms with Gasteiger partial charge in [0.1, 0.15) is 0 Å². The van der Waals surface area contributed by atoms with Crippen LogP contribution in [-0.2, 0) is 0 Å². The summed E-state index contributed by atoms with van der Waals surface area (Å²) in [6, 6.07) is 12.5. The van der Waals surface area contributed by atoms with Crippen molar-refractivity contribution < 1.29 is 4.79 Å². The zero-order chi connectivity index (χ0) is 18.7. The predicted molar refractivity (Wildman–Crippen MR) is 112 cm³/mol. The molecule has 5 nitrogen and oxygen atoms in total. The molecule has 7 heteroatoms. The maximum atomic E-state index is 12.4. The lowest BCUT2D eigenvalue weighted by atomic mass is 10.2. The highest BCUT2D eigenvalue weighted by Gasteiger charge is 2.11. The summed E-state index contributed by atoms with van der Waals surface area (Å²) >= 11 is 4.84. The predicted octanol–water partition coefficient (Wildman–Crippen LogP) is 4.52. The van der Waals surface area contributed by atoms with Crippen LogP contribution in [0.3, 0.4) is 0 Å². The molecule has 0 unspecified atom stereocenters. The van der Waals surface area contributed by atoms with Crippen LogP contribution in [-0.4, -0.2) is 24.0 Å². The summed E-state index contributed by atoms with van der Waals surface area (Å²) in [6.07, 6.45) is 0. The van der Waals surface area contributed by atoms with Crippen LogP contribution >= 0.6 is 27.3 Å². The minimum atomic E-state index is -0.279. The monoisotopic (exact) mass is 431 g/mol. The molecular formula is C19H18BrN3O2S. The van der Waals surface area contributed by atoms with Gasteiger partial charge in [0.25, 0.3) is 11.5 Å². The van der Waals surface area contributed by atoms with Crippen LogP contribution in [0.25, 0.3) is 10.1 Å². The van der Waals surface area contributed by atoms with Gasteiger partial charge in [-0.05, 0) is 50.2 Å². The Hall–Kier alpha value is -2.25. The van der Waals surface area contributed by atoms with Crippen molar-refractivity contribution in [2.24, 2.45) is 0 Å². The number of benzene rings is 2. The van der Waals surface area contributed by atoms with Crippen LogP contribution < -0.4 is 15.8 Å². The molecule has 2 aromatic carbocycles. The third kappa shape index (κ3) is 3.94. The highest BCUT2D eigenvalue weighted by molar-refractivity contribution is 9.10. The summed E-state index contributed by atoms with van der Waals surface area (Å²) in [5.74, 6) is -0.227. The molecule has 0 aliphatic rings. The summed E-state index contributed by atoms with van der Waals surface area (Å²) < 4.78 is 1.69. The van der Waals surface area contributed by atoms with Gasteiger partial charge in [-0.2, -0.15) is 4.98 Å². The quantitative estimate of drug-likeness (QED) is 0.644. The topological polar surface area (TPSA) is 62.3 Å². The minimum absolute atomic E-state index is 0.227. The summed E-state index contributed by atoms with van der Waals surface area (Å²) in [7, 11) is 0. The second-order valence-corrected chi connectivity index (χ2v) is 7.57. The van der Waals surface area contributed by atoms with Crippen molar-refractivity contribution in [3.8, 4) is 0 Å². The largest absolute Gasteiger partial charge is 0.349 e. The number of nitrogens with one attached hydrogen (secondary N) is 1. The van der Waals surface area contributed by atoms with E-state index in [0.717, 1.165) is 27.4 Å². The van der Waals surface area contributed by atoms with E-state index in [4.69, 9.17) is 0 Å². The molecular weight excluding hydrogens is 414 g/mol. The van der Waals surface area contributed by atoms with Gasteiger partial charge in [0.2, 0.25) is 0 Å². The molecule has 1 heterocycles. The first kappa shape index (κ1) is 18.5. The number of fused-ring (bicyclic) bond motifs is 1. The Balaban J connectivity index is 1.92. The molecule has 0 atom stereocenters. The SMILES string of the molecule is CCN(CC)c1nc(=O)c2cc(NC(=O)c3cccc(Br)c3)ccc2s1. The number of hydrogen-bond acceptors (Lipinski definition) is 5. The number of aromatic nitrogens is 1. The second-order valence-electron chi connectivity index (χ2n) is 5.65. The fourth-order valence-electron chi connectivity index (χ4n) is 2.59. The number of hydrogen-bond donors (Lipinski definition) is 1. The normalized spacial score (nSPS) is 10.7. The molecule has 1 amide bonds. The Morgan fingerprint density at radius 3 is 2.65 bits per heavy atom. The van der Waals surface area contributed by atoms with Gasteiger partial charge in [-0.1, -0.05) is 33.3 Å². The first-order chi connectivity index (χ1) is 12.5. The first-order valence-electron chi connectivity index (χ1n) is 8.28. The fourth-order valence-corrected chi connectivity index (χ4v) is 4.10. The van der Waals surface area contributed by atoms with Gasteiger partial charge in [0.15, 0.2) is 5.13 Å². The summed E-state index contributed by atoms with van der Waals surface area (Å²) in [6.45, 7) is 5.66. The van der Waals surface area contributed by atoms with E-state index in [9.17, 15) is 9.59 Å². The standard InChI is InChI=1S/C19H18BrN3O2S/c1-3-23(4-2)19-22-18(25)15-11-14(8-9-16(15)26-19)21-17(24)12-6-5-7-13(20)10-12/h5-11H,3-4H2,1-2H3,(H,21,24). The van der Waals surface area contributed by atoms with E-state index >= 15 is 0 Å². The number of nitrogens with zero attached hydrogens (tertiary/aromatic N) is 2. The van der Waals surface area contributed by atoms with E-state index in [1.54, 1.807) is 30.3 Å². The van der Waals surface area contributed by atoms with Crippen molar-refractivity contribution in [2.45, 2.75) is 13.8 Å². The van der Waals surface area contributed by atoms with Crippen LogP contribution in [0.4, 0.5) is 10.8 Å². The summed E-state index contributed by atoms with van der Waals surface area (Å²) in [4.78, 5) is 31.1. The molecule has 26 heavy (non-hydrogen) atoms. The van der Waals surface area contributed by atoms with E-state index in [2.05, 4.69) is 31.1 Å². The van der Waals surface area contributed by atoms with Crippen molar-refractivity contribution in [3.05, 3.63) is 62.9 Å². The minimum Gasteiger partial charge on any atom is -0.349 e.